The van der Waals surface area contributed by atoms with Gasteiger partial charge in [-0.25, -0.2) is 12.8 Å². The molecule has 8 heteroatoms. The van der Waals surface area contributed by atoms with E-state index in [0.29, 0.717) is 32.7 Å². The average Bonchev–Trinajstić information content (AvgIpc) is 2.73. The first kappa shape index (κ1) is 21.4. The highest BCUT2D eigenvalue weighted by Gasteiger charge is 2.32. The molecule has 6 nitrogen and oxygen atoms in total. The Labute approximate surface area is 171 Å². The zero-order valence-electron chi connectivity index (χ0n) is 16.7. The maximum Gasteiger partial charge on any atom is 0.278 e. The summed E-state index contributed by atoms with van der Waals surface area (Å²) in [5.41, 5.74) is 1.07. The van der Waals surface area contributed by atoms with E-state index in [4.69, 9.17) is 0 Å². The molecule has 1 N–H and O–H groups in total. The van der Waals surface area contributed by atoms with Crippen LogP contribution < -0.4 is 4.90 Å². The van der Waals surface area contributed by atoms with Gasteiger partial charge in [-0.2, -0.15) is 4.31 Å². The lowest BCUT2D eigenvalue weighted by atomic mass is 10.1. The molecule has 0 saturated carbocycles. The largest absolute Gasteiger partial charge is 0.334 e. The second kappa shape index (κ2) is 9.02. The van der Waals surface area contributed by atoms with E-state index in [2.05, 4.69) is 0 Å². The lowest BCUT2D eigenvalue weighted by Gasteiger charge is -2.33. The van der Waals surface area contributed by atoms with Crippen molar-refractivity contribution in [3.05, 3.63) is 66.0 Å². The second-order valence-electron chi connectivity index (χ2n) is 7.38. The molecule has 0 radical (unpaired) electrons. The summed E-state index contributed by atoms with van der Waals surface area (Å²) < 4.78 is 40.2. The van der Waals surface area contributed by atoms with Crippen LogP contribution in [0, 0.1) is 5.82 Å². The third-order valence-electron chi connectivity index (χ3n) is 5.52. The lowest BCUT2D eigenvalue weighted by Crippen LogP contribution is -3.15. The Kier molecular flexibility index (Phi) is 6.66. The first-order valence-electron chi connectivity index (χ1n) is 9.69. The normalized spacial score (nSPS) is 17.1. The monoisotopic (exact) mass is 420 g/mol. The number of hydrogen-bond acceptors (Lipinski definition) is 3. The Hall–Kier alpha value is -2.29. The molecule has 2 aromatic carbocycles. The molecule has 2 aromatic rings. The van der Waals surface area contributed by atoms with E-state index in [1.165, 1.54) is 22.5 Å². The highest BCUT2D eigenvalue weighted by atomic mass is 32.2. The molecule has 0 aliphatic carbocycles. The number of amides is 1. The minimum absolute atomic E-state index is 0.0257. The zero-order valence-corrected chi connectivity index (χ0v) is 17.5. The highest BCUT2D eigenvalue weighted by molar-refractivity contribution is 7.89. The molecular formula is C21H27FN3O3S+. The summed E-state index contributed by atoms with van der Waals surface area (Å²) in [5.74, 6) is -0.547. The predicted molar refractivity (Wildman–Crippen MR) is 108 cm³/mol. The number of nitrogens with zero attached hydrogens (tertiary/aromatic N) is 2. The van der Waals surface area contributed by atoms with E-state index >= 15 is 0 Å². The third-order valence-corrected chi connectivity index (χ3v) is 7.42. The van der Waals surface area contributed by atoms with Gasteiger partial charge < -0.3 is 9.80 Å². The van der Waals surface area contributed by atoms with Crippen molar-refractivity contribution < 1.29 is 22.5 Å². The Morgan fingerprint density at radius 1 is 1.14 bits per heavy atom. The van der Waals surface area contributed by atoms with Gasteiger partial charge in [-0.05, 0) is 30.7 Å². The van der Waals surface area contributed by atoms with Crippen LogP contribution in [0.4, 0.5) is 4.39 Å². The van der Waals surface area contributed by atoms with Crippen molar-refractivity contribution >= 4 is 15.9 Å². The van der Waals surface area contributed by atoms with Crippen LogP contribution in [0.2, 0.25) is 0 Å². The number of likely N-dealkylation sites (N-methyl/N-ethyl adjacent to an activating group) is 1. The summed E-state index contributed by atoms with van der Waals surface area (Å²) >= 11 is 0. The van der Waals surface area contributed by atoms with Crippen LogP contribution in [0.3, 0.4) is 0 Å². The predicted octanol–water partition coefficient (Wildman–Crippen LogP) is 0.935. The standard InChI is InChI=1S/C21H26FN3O3S/c1-17(18-7-4-3-5-8-18)23(2)21(26)16-24-11-13-25(14-12-24)29(27,28)20-10-6-9-19(22)15-20/h3-10,15,17H,11-14,16H2,1-2H3/p+1/t17-/m1/s1. The third kappa shape index (κ3) is 5.01. The van der Waals surface area contributed by atoms with Gasteiger partial charge >= 0.3 is 0 Å². The van der Waals surface area contributed by atoms with E-state index in [1.807, 2.05) is 37.3 Å². The summed E-state index contributed by atoms with van der Waals surface area (Å²) in [6.45, 7) is 3.99. The van der Waals surface area contributed by atoms with Crippen molar-refractivity contribution in [1.29, 1.82) is 0 Å². The average molecular weight is 421 g/mol. The topological polar surface area (TPSA) is 62.1 Å². The molecule has 0 aromatic heterocycles. The van der Waals surface area contributed by atoms with Crippen LogP contribution in [0.1, 0.15) is 18.5 Å². The molecule has 0 bridgehead atoms. The number of quaternary nitrogens is 1. The molecule has 1 saturated heterocycles. The number of nitrogens with one attached hydrogen (secondary N) is 1. The van der Waals surface area contributed by atoms with Crippen molar-refractivity contribution in [2.45, 2.75) is 17.9 Å². The van der Waals surface area contributed by atoms with Crippen LogP contribution in [0.15, 0.2) is 59.5 Å². The quantitative estimate of drug-likeness (QED) is 0.757. The molecule has 3 rings (SSSR count). The molecule has 0 unspecified atom stereocenters. The van der Waals surface area contributed by atoms with E-state index in [1.54, 1.807) is 11.9 Å². The molecule has 1 aliphatic rings. The molecule has 1 atom stereocenters. The van der Waals surface area contributed by atoms with Gasteiger partial charge in [-0.1, -0.05) is 36.4 Å². The van der Waals surface area contributed by atoms with Crippen LogP contribution >= 0.6 is 0 Å². The molecule has 0 spiro atoms. The van der Waals surface area contributed by atoms with Crippen LogP contribution in [-0.2, 0) is 14.8 Å². The smallest absolute Gasteiger partial charge is 0.278 e. The number of halogens is 1. The van der Waals surface area contributed by atoms with Gasteiger partial charge in [0.05, 0.1) is 37.1 Å². The highest BCUT2D eigenvalue weighted by Crippen LogP contribution is 2.18. The Balaban J connectivity index is 1.56. The molecule has 1 amide bonds. The Bertz CT molecular complexity index is 945. The molecule has 156 valence electrons. The second-order valence-corrected chi connectivity index (χ2v) is 9.32. The van der Waals surface area contributed by atoms with Crippen LogP contribution in [-0.4, -0.2) is 63.3 Å². The fraction of sp³-hybridized carbons (Fsp3) is 0.381. The van der Waals surface area contributed by atoms with Crippen LogP contribution in [0.5, 0.6) is 0 Å². The van der Waals surface area contributed by atoms with Gasteiger partial charge in [-0.3, -0.25) is 4.79 Å². The first-order valence-corrected chi connectivity index (χ1v) is 11.1. The van der Waals surface area contributed by atoms with Gasteiger partial charge in [0.1, 0.15) is 5.82 Å². The Morgan fingerprint density at radius 2 is 1.79 bits per heavy atom. The maximum atomic E-state index is 13.4. The summed E-state index contributed by atoms with van der Waals surface area (Å²) in [7, 11) is -1.92. The molecule has 29 heavy (non-hydrogen) atoms. The van der Waals surface area contributed by atoms with Crippen molar-refractivity contribution in [3.8, 4) is 0 Å². The summed E-state index contributed by atoms with van der Waals surface area (Å²) in [5, 5.41) is 0. The van der Waals surface area contributed by atoms with Gasteiger partial charge in [0, 0.05) is 7.05 Å². The number of piperazine rings is 1. The van der Waals surface area contributed by atoms with Crippen molar-refractivity contribution in [3.63, 3.8) is 0 Å². The molecule has 1 aliphatic heterocycles. The zero-order chi connectivity index (χ0) is 21.0. The number of benzene rings is 2. The van der Waals surface area contributed by atoms with Gasteiger partial charge in [0.2, 0.25) is 10.0 Å². The van der Waals surface area contributed by atoms with Crippen molar-refractivity contribution in [1.82, 2.24) is 9.21 Å². The van der Waals surface area contributed by atoms with Gasteiger partial charge in [-0.15, -0.1) is 0 Å². The maximum absolute atomic E-state index is 13.4. The lowest BCUT2D eigenvalue weighted by molar-refractivity contribution is -0.896. The van der Waals surface area contributed by atoms with Crippen molar-refractivity contribution in [2.24, 2.45) is 0 Å². The van der Waals surface area contributed by atoms with Crippen LogP contribution in [0.25, 0.3) is 0 Å². The Morgan fingerprint density at radius 3 is 2.41 bits per heavy atom. The van der Waals surface area contributed by atoms with Gasteiger partial charge in [0.25, 0.3) is 5.91 Å². The number of rotatable bonds is 6. The number of sulfonamides is 1. The molecule has 1 fully saturated rings. The fourth-order valence-electron chi connectivity index (χ4n) is 3.51. The minimum Gasteiger partial charge on any atom is -0.334 e. The first-order chi connectivity index (χ1) is 13.8. The molecular weight excluding hydrogens is 393 g/mol. The van der Waals surface area contributed by atoms with E-state index in [9.17, 15) is 17.6 Å². The summed E-state index contributed by atoms with van der Waals surface area (Å²) in [6, 6.07) is 14.9. The van der Waals surface area contributed by atoms with E-state index < -0.39 is 15.8 Å². The summed E-state index contributed by atoms with van der Waals surface area (Å²) in [6.07, 6.45) is 0. The number of hydrogen-bond donors (Lipinski definition) is 1. The molecule has 1 heterocycles. The number of carbonyl (C=O) groups is 1. The SMILES string of the molecule is C[C@H](c1ccccc1)N(C)C(=O)C[NH+]1CCN(S(=O)(=O)c2cccc(F)c2)CC1. The summed E-state index contributed by atoms with van der Waals surface area (Å²) in [4.78, 5) is 15.4. The fourth-order valence-corrected chi connectivity index (χ4v) is 4.98. The van der Waals surface area contributed by atoms with Gasteiger partial charge in [0.15, 0.2) is 6.54 Å². The van der Waals surface area contributed by atoms with Crippen molar-refractivity contribution in [2.75, 3.05) is 39.8 Å². The number of carbonyl (C=O) groups excluding carboxylic acids is 1. The van der Waals surface area contributed by atoms with E-state index in [0.717, 1.165) is 16.5 Å². The van der Waals surface area contributed by atoms with E-state index in [-0.39, 0.29) is 16.8 Å². The minimum atomic E-state index is -3.72.